The molecule has 9 nitrogen and oxygen atoms in total. The van der Waals surface area contributed by atoms with Gasteiger partial charge in [-0.25, -0.2) is 0 Å². The Hall–Kier alpha value is -1.25. The van der Waals surface area contributed by atoms with Gasteiger partial charge in [-0.3, -0.25) is 14.2 Å². The normalized spacial score (nSPS) is 13.5. The van der Waals surface area contributed by atoms with Gasteiger partial charge in [0.05, 0.1) is 13.2 Å². The van der Waals surface area contributed by atoms with Crippen molar-refractivity contribution in [2.24, 2.45) is 0 Å². The zero-order chi connectivity index (χ0) is 34.7. The van der Waals surface area contributed by atoms with Gasteiger partial charge >= 0.3 is 11.9 Å². The fourth-order valence-electron chi connectivity index (χ4n) is 5.28. The lowest BCUT2D eigenvalue weighted by atomic mass is 10.0. The summed E-state index contributed by atoms with van der Waals surface area (Å²) in [5.41, 5.74) is 3.54. The van der Waals surface area contributed by atoms with E-state index in [1.54, 1.807) is 0 Å². The van der Waals surface area contributed by atoms with Crippen LogP contribution in [0.1, 0.15) is 181 Å². The van der Waals surface area contributed by atoms with Crippen molar-refractivity contribution in [3.05, 3.63) is 12.2 Å². The molecule has 0 aromatic carbocycles. The molecule has 0 aromatic rings. The predicted octanol–water partition coefficient (Wildman–Crippen LogP) is 8.92. The number of allylic oxidation sites excluding steroid dienone is 2. The molecule has 278 valence electrons. The zero-order valence-electron chi connectivity index (χ0n) is 30.4. The maximum atomic E-state index is 12.5. The second-order valence-corrected chi connectivity index (χ2v) is 14.3. The highest BCUT2D eigenvalue weighted by Gasteiger charge is 2.21. The molecule has 0 rings (SSSR count). The summed E-state index contributed by atoms with van der Waals surface area (Å²) in [7, 11) is -4.58. The van der Waals surface area contributed by atoms with E-state index >= 15 is 0 Å². The summed E-state index contributed by atoms with van der Waals surface area (Å²) in [6, 6.07) is 0. The molecule has 0 spiro atoms. The summed E-state index contributed by atoms with van der Waals surface area (Å²) >= 11 is 0. The highest BCUT2D eigenvalue weighted by Crippen LogP contribution is 2.38. The summed E-state index contributed by atoms with van der Waals surface area (Å²) in [5, 5.41) is 0. The SMILES string of the molecule is CCCCCC/C=C\CCCCCCCC(=O)O[C@H](COC(=O)CCCCCCCCCCCCCCC)COP(=O)([O-])OCC[NH3+]. The van der Waals surface area contributed by atoms with E-state index in [2.05, 4.69) is 31.7 Å². The van der Waals surface area contributed by atoms with Gasteiger partial charge in [-0.15, -0.1) is 0 Å². The Morgan fingerprint density at radius 2 is 1.04 bits per heavy atom. The second-order valence-electron chi connectivity index (χ2n) is 12.8. The van der Waals surface area contributed by atoms with E-state index in [0.29, 0.717) is 6.42 Å². The number of rotatable bonds is 36. The molecule has 47 heavy (non-hydrogen) atoms. The average Bonchev–Trinajstić information content (AvgIpc) is 3.05. The first-order valence-corrected chi connectivity index (χ1v) is 20.7. The van der Waals surface area contributed by atoms with E-state index in [9.17, 15) is 19.0 Å². The quantitative estimate of drug-likeness (QED) is 0.0298. The molecule has 1 unspecified atom stereocenters. The summed E-state index contributed by atoms with van der Waals surface area (Å²) < 4.78 is 32.4. The first-order chi connectivity index (χ1) is 22.8. The lowest BCUT2D eigenvalue weighted by Gasteiger charge is -2.25. The number of ether oxygens (including phenoxy) is 2. The molecule has 0 aromatic heterocycles. The molecule has 0 aliphatic rings. The zero-order valence-corrected chi connectivity index (χ0v) is 31.3. The van der Waals surface area contributed by atoms with Crippen LogP contribution in [0.15, 0.2) is 12.2 Å². The summed E-state index contributed by atoms with van der Waals surface area (Å²) in [5.74, 6) is -0.851. The third-order valence-corrected chi connectivity index (χ3v) is 9.13. The number of phosphoric ester groups is 1. The van der Waals surface area contributed by atoms with Gasteiger partial charge in [-0.05, 0) is 38.5 Å². The van der Waals surface area contributed by atoms with Crippen molar-refractivity contribution < 1.29 is 43.3 Å². The number of carbonyl (C=O) groups excluding carboxylic acids is 2. The van der Waals surface area contributed by atoms with Gasteiger partial charge in [0.15, 0.2) is 6.10 Å². The van der Waals surface area contributed by atoms with Crippen LogP contribution in [0.5, 0.6) is 0 Å². The Kier molecular flexibility index (Phi) is 33.7. The Labute approximate surface area is 288 Å². The van der Waals surface area contributed by atoms with Crippen molar-refractivity contribution in [2.75, 3.05) is 26.4 Å². The molecule has 0 aliphatic carbocycles. The standard InChI is InChI=1S/C37H72NO8P/c1-3-5-7-9-11-13-15-17-19-21-23-25-27-29-36(39)43-33-35(34-45-47(41,42)44-32-31-38)46-37(40)30-28-26-24-22-20-18-16-14-12-10-8-6-4-2/h14,16,35H,3-13,15,17-34,38H2,1-2H3,(H,41,42)/b16-14-/t35-/m1/s1. The number of carbonyl (C=O) groups is 2. The molecule has 2 atom stereocenters. The van der Waals surface area contributed by atoms with Gasteiger partial charge in [0.2, 0.25) is 0 Å². The largest absolute Gasteiger partial charge is 0.756 e. The summed E-state index contributed by atoms with van der Waals surface area (Å²) in [6.07, 6.45) is 32.3. The van der Waals surface area contributed by atoms with Crippen LogP contribution in [0.2, 0.25) is 0 Å². The molecule has 0 aliphatic heterocycles. The minimum absolute atomic E-state index is 0.103. The average molecular weight is 690 g/mol. The number of quaternary nitrogens is 1. The molecule has 3 N–H and O–H groups in total. The predicted molar refractivity (Wildman–Crippen MR) is 189 cm³/mol. The van der Waals surface area contributed by atoms with Gasteiger partial charge in [0.1, 0.15) is 13.2 Å². The van der Waals surface area contributed by atoms with Crippen LogP contribution < -0.4 is 10.6 Å². The molecule has 0 radical (unpaired) electrons. The third kappa shape index (κ3) is 34.4. The Morgan fingerprint density at radius 3 is 1.53 bits per heavy atom. The summed E-state index contributed by atoms with van der Waals surface area (Å²) in [4.78, 5) is 36.8. The highest BCUT2D eigenvalue weighted by molar-refractivity contribution is 7.45. The van der Waals surface area contributed by atoms with E-state index in [1.165, 1.54) is 96.3 Å². The van der Waals surface area contributed by atoms with Crippen molar-refractivity contribution in [2.45, 2.75) is 187 Å². The number of hydrogen-bond acceptors (Lipinski definition) is 8. The smallest absolute Gasteiger partial charge is 0.306 e. The van der Waals surface area contributed by atoms with Crippen molar-refractivity contribution in [1.82, 2.24) is 0 Å². The van der Waals surface area contributed by atoms with Gasteiger partial charge < -0.3 is 29.1 Å². The maximum Gasteiger partial charge on any atom is 0.306 e. The Bertz CT molecular complexity index is 794. The van der Waals surface area contributed by atoms with Crippen molar-refractivity contribution in [1.29, 1.82) is 0 Å². The fraction of sp³-hybridized carbons (Fsp3) is 0.892. The van der Waals surface area contributed by atoms with Crippen LogP contribution in [-0.2, 0) is 32.7 Å². The van der Waals surface area contributed by atoms with Crippen molar-refractivity contribution in [3.8, 4) is 0 Å². The third-order valence-electron chi connectivity index (χ3n) is 8.17. The minimum Gasteiger partial charge on any atom is -0.756 e. The monoisotopic (exact) mass is 689 g/mol. The fourth-order valence-corrected chi connectivity index (χ4v) is 6.06. The molecule has 0 heterocycles. The lowest BCUT2D eigenvalue weighted by Crippen LogP contribution is -2.52. The van der Waals surface area contributed by atoms with Crippen LogP contribution in [0.25, 0.3) is 0 Å². The van der Waals surface area contributed by atoms with Crippen LogP contribution in [0.4, 0.5) is 0 Å². The first kappa shape index (κ1) is 45.8. The highest BCUT2D eigenvalue weighted by atomic mass is 31.2. The van der Waals surface area contributed by atoms with Crippen molar-refractivity contribution >= 4 is 19.8 Å². The summed E-state index contributed by atoms with van der Waals surface area (Å²) in [6.45, 7) is 3.91. The second kappa shape index (κ2) is 34.6. The van der Waals surface area contributed by atoms with E-state index in [4.69, 9.17) is 18.5 Å². The van der Waals surface area contributed by atoms with Crippen LogP contribution in [0.3, 0.4) is 0 Å². The maximum absolute atomic E-state index is 12.5. The number of hydrogen-bond donors (Lipinski definition) is 1. The Balaban J connectivity index is 4.22. The van der Waals surface area contributed by atoms with Gasteiger partial charge in [-0.2, -0.15) is 0 Å². The van der Waals surface area contributed by atoms with E-state index in [0.717, 1.165) is 51.4 Å². The first-order valence-electron chi connectivity index (χ1n) is 19.2. The van der Waals surface area contributed by atoms with Gasteiger partial charge in [0, 0.05) is 12.8 Å². The molecule has 0 saturated carbocycles. The number of phosphoric acid groups is 1. The Morgan fingerprint density at radius 1 is 0.617 bits per heavy atom. The molecule has 0 fully saturated rings. The molecule has 0 amide bonds. The van der Waals surface area contributed by atoms with E-state index in [1.807, 2.05) is 0 Å². The minimum atomic E-state index is -4.58. The molecule has 10 heteroatoms. The van der Waals surface area contributed by atoms with Gasteiger partial charge in [-0.1, -0.05) is 142 Å². The molecular formula is C37H72NO8P. The molecule has 0 bridgehead atoms. The topological polar surface area (TPSA) is 139 Å². The number of esters is 2. The van der Waals surface area contributed by atoms with Crippen LogP contribution in [0, 0.1) is 0 Å². The number of unbranched alkanes of at least 4 members (excludes halogenated alkanes) is 21. The van der Waals surface area contributed by atoms with Gasteiger partial charge in [0.25, 0.3) is 7.82 Å². The van der Waals surface area contributed by atoms with E-state index < -0.39 is 26.5 Å². The van der Waals surface area contributed by atoms with E-state index in [-0.39, 0.29) is 38.6 Å². The van der Waals surface area contributed by atoms with Crippen LogP contribution in [-0.4, -0.2) is 44.4 Å². The molecular weight excluding hydrogens is 617 g/mol. The van der Waals surface area contributed by atoms with Crippen molar-refractivity contribution in [3.63, 3.8) is 0 Å². The molecule has 0 saturated heterocycles. The lowest BCUT2D eigenvalue weighted by molar-refractivity contribution is -0.373. The van der Waals surface area contributed by atoms with Crippen LogP contribution >= 0.6 is 7.82 Å².